The van der Waals surface area contributed by atoms with Crippen molar-refractivity contribution in [3.05, 3.63) is 93.7 Å². The van der Waals surface area contributed by atoms with Crippen molar-refractivity contribution in [1.82, 2.24) is 20.4 Å². The molecule has 1 aliphatic heterocycles. The van der Waals surface area contributed by atoms with E-state index in [-0.39, 0.29) is 11.7 Å². The molecule has 162 valence electrons. The molecule has 4 aromatic rings. The topological polar surface area (TPSA) is 58.1 Å². The van der Waals surface area contributed by atoms with Crippen LogP contribution in [0.15, 0.2) is 66.7 Å². The molecule has 1 aromatic heterocycles. The zero-order valence-corrected chi connectivity index (χ0v) is 18.3. The largest absolute Gasteiger partial charge is 0.346 e. The summed E-state index contributed by atoms with van der Waals surface area (Å²) in [5, 5.41) is 14.9. The number of carbonyl (C=O) groups is 1. The first-order valence-corrected chi connectivity index (χ1v) is 11.6. The Morgan fingerprint density at radius 3 is 2.75 bits per heavy atom. The summed E-state index contributed by atoms with van der Waals surface area (Å²) in [4.78, 5) is 14.9. The van der Waals surface area contributed by atoms with E-state index in [9.17, 15) is 9.18 Å². The number of amides is 1. The summed E-state index contributed by atoms with van der Waals surface area (Å²) in [7, 11) is 0. The van der Waals surface area contributed by atoms with Gasteiger partial charge in [-0.3, -0.25) is 9.69 Å². The van der Waals surface area contributed by atoms with E-state index in [0.29, 0.717) is 24.1 Å². The Hall–Kier alpha value is -3.16. The fraction of sp³-hybridized carbons (Fsp3) is 0.240. The smallest absolute Gasteiger partial charge is 0.282 e. The molecule has 32 heavy (non-hydrogen) atoms. The molecular weight excluding hydrogens is 423 g/mol. The number of carbonyl (C=O) groups excluding carboxylic acids is 1. The predicted molar refractivity (Wildman–Crippen MR) is 124 cm³/mol. The number of likely N-dealkylation sites (tertiary alicyclic amines) is 1. The molecule has 0 aliphatic carbocycles. The van der Waals surface area contributed by atoms with Gasteiger partial charge >= 0.3 is 0 Å². The summed E-state index contributed by atoms with van der Waals surface area (Å²) in [6.45, 7) is 2.00. The number of nitrogens with one attached hydrogen (secondary N) is 1. The first-order valence-electron chi connectivity index (χ1n) is 10.7. The minimum atomic E-state index is -0.294. The third-order valence-electron chi connectivity index (χ3n) is 5.91. The summed E-state index contributed by atoms with van der Waals surface area (Å²) in [6, 6.07) is 21.4. The molecule has 7 heteroatoms. The Labute approximate surface area is 189 Å². The molecule has 1 N–H and O–H groups in total. The van der Waals surface area contributed by atoms with E-state index in [2.05, 4.69) is 62.9 Å². The van der Waals surface area contributed by atoms with Crippen LogP contribution in [-0.4, -0.2) is 27.5 Å². The number of benzene rings is 3. The van der Waals surface area contributed by atoms with Crippen molar-refractivity contribution in [2.24, 2.45) is 0 Å². The predicted octanol–water partition coefficient (Wildman–Crippen LogP) is 5.10. The van der Waals surface area contributed by atoms with Crippen LogP contribution in [0.5, 0.6) is 0 Å². The van der Waals surface area contributed by atoms with Gasteiger partial charge in [0.2, 0.25) is 5.01 Å². The fourth-order valence-electron chi connectivity index (χ4n) is 4.35. The molecule has 2 heterocycles. The molecular formula is C25H23FN4OS. The molecule has 0 saturated carbocycles. The number of fused-ring (bicyclic) bond motifs is 1. The number of hydrogen-bond donors (Lipinski definition) is 1. The Balaban J connectivity index is 1.26. The van der Waals surface area contributed by atoms with Gasteiger partial charge in [-0.15, -0.1) is 10.2 Å². The lowest BCUT2D eigenvalue weighted by Gasteiger charge is -2.24. The first-order chi connectivity index (χ1) is 15.7. The molecule has 1 fully saturated rings. The van der Waals surface area contributed by atoms with Crippen LogP contribution in [0.25, 0.3) is 10.8 Å². The lowest BCUT2D eigenvalue weighted by molar-refractivity contribution is 0.0950. The average Bonchev–Trinajstić information content (AvgIpc) is 3.48. The molecule has 1 unspecified atom stereocenters. The highest BCUT2D eigenvalue weighted by Crippen LogP contribution is 2.37. The van der Waals surface area contributed by atoms with E-state index in [0.717, 1.165) is 30.0 Å². The Kier molecular flexibility index (Phi) is 5.92. The molecule has 5 rings (SSSR count). The van der Waals surface area contributed by atoms with Gasteiger partial charge < -0.3 is 5.32 Å². The average molecular weight is 447 g/mol. The molecule has 1 aliphatic rings. The van der Waals surface area contributed by atoms with Crippen LogP contribution in [0.3, 0.4) is 0 Å². The number of hydrogen-bond acceptors (Lipinski definition) is 5. The second kappa shape index (κ2) is 9.14. The molecule has 0 bridgehead atoms. The second-order valence-electron chi connectivity index (χ2n) is 8.01. The highest BCUT2D eigenvalue weighted by molar-refractivity contribution is 7.13. The Bertz CT molecular complexity index is 1230. The highest BCUT2D eigenvalue weighted by Gasteiger charge is 2.28. The monoisotopic (exact) mass is 446 g/mol. The van der Waals surface area contributed by atoms with E-state index in [4.69, 9.17) is 0 Å². The van der Waals surface area contributed by atoms with Gasteiger partial charge in [0.05, 0.1) is 6.54 Å². The SMILES string of the molecule is O=C(NCc1ccc(F)cc1)c1nnc(CN2CCCC2c2cccc3ccccc23)s1. The maximum absolute atomic E-state index is 13.0. The van der Waals surface area contributed by atoms with Crippen molar-refractivity contribution in [2.45, 2.75) is 32.0 Å². The van der Waals surface area contributed by atoms with Crippen molar-refractivity contribution in [3.8, 4) is 0 Å². The molecule has 0 spiro atoms. The molecule has 1 amide bonds. The summed E-state index contributed by atoms with van der Waals surface area (Å²) in [5.41, 5.74) is 2.18. The van der Waals surface area contributed by atoms with Gasteiger partial charge in [-0.1, -0.05) is 65.9 Å². The van der Waals surface area contributed by atoms with Gasteiger partial charge in [-0.25, -0.2) is 4.39 Å². The quantitative estimate of drug-likeness (QED) is 0.448. The van der Waals surface area contributed by atoms with Crippen LogP contribution in [-0.2, 0) is 13.1 Å². The third-order valence-corrected chi connectivity index (χ3v) is 6.82. The molecule has 5 nitrogen and oxygen atoms in total. The number of nitrogens with zero attached hydrogens (tertiary/aromatic N) is 3. The van der Waals surface area contributed by atoms with Gasteiger partial charge in [0.15, 0.2) is 0 Å². The summed E-state index contributed by atoms with van der Waals surface area (Å²) >= 11 is 1.33. The van der Waals surface area contributed by atoms with Crippen LogP contribution in [0, 0.1) is 5.82 Å². The Morgan fingerprint density at radius 2 is 1.88 bits per heavy atom. The van der Waals surface area contributed by atoms with E-state index in [1.165, 1.54) is 39.8 Å². The zero-order valence-electron chi connectivity index (χ0n) is 17.5. The maximum atomic E-state index is 13.0. The van der Waals surface area contributed by atoms with E-state index in [1.807, 2.05) is 0 Å². The third kappa shape index (κ3) is 4.40. The molecule has 1 atom stereocenters. The lowest BCUT2D eigenvalue weighted by Crippen LogP contribution is -2.23. The summed E-state index contributed by atoms with van der Waals surface area (Å²) in [5.74, 6) is -0.553. The van der Waals surface area contributed by atoms with E-state index in [1.54, 1.807) is 12.1 Å². The normalized spacial score (nSPS) is 16.5. The van der Waals surface area contributed by atoms with Crippen molar-refractivity contribution in [1.29, 1.82) is 0 Å². The van der Waals surface area contributed by atoms with Gasteiger partial charge in [-0.2, -0.15) is 0 Å². The van der Waals surface area contributed by atoms with Crippen LogP contribution < -0.4 is 5.32 Å². The van der Waals surface area contributed by atoms with Crippen molar-refractivity contribution in [2.75, 3.05) is 6.54 Å². The van der Waals surface area contributed by atoms with Gasteiger partial charge in [0.1, 0.15) is 10.8 Å². The number of halogens is 1. The summed E-state index contributed by atoms with van der Waals surface area (Å²) in [6.07, 6.45) is 2.25. The van der Waals surface area contributed by atoms with Crippen LogP contribution in [0.2, 0.25) is 0 Å². The molecule has 1 saturated heterocycles. The minimum Gasteiger partial charge on any atom is -0.346 e. The van der Waals surface area contributed by atoms with Crippen LogP contribution in [0.4, 0.5) is 4.39 Å². The number of aromatic nitrogens is 2. The lowest BCUT2D eigenvalue weighted by atomic mass is 9.97. The molecule has 0 radical (unpaired) electrons. The highest BCUT2D eigenvalue weighted by atomic mass is 32.1. The first kappa shape index (κ1) is 20.7. The van der Waals surface area contributed by atoms with Gasteiger partial charge in [0.25, 0.3) is 5.91 Å². The number of rotatable bonds is 6. The van der Waals surface area contributed by atoms with E-state index >= 15 is 0 Å². The van der Waals surface area contributed by atoms with Gasteiger partial charge in [0, 0.05) is 12.6 Å². The van der Waals surface area contributed by atoms with Crippen molar-refractivity contribution < 1.29 is 9.18 Å². The van der Waals surface area contributed by atoms with Gasteiger partial charge in [-0.05, 0) is 53.4 Å². The van der Waals surface area contributed by atoms with Crippen molar-refractivity contribution >= 4 is 28.0 Å². The fourth-order valence-corrected chi connectivity index (χ4v) is 5.13. The van der Waals surface area contributed by atoms with E-state index < -0.39 is 0 Å². The van der Waals surface area contributed by atoms with Crippen LogP contribution >= 0.6 is 11.3 Å². The molecule has 3 aromatic carbocycles. The van der Waals surface area contributed by atoms with Crippen molar-refractivity contribution in [3.63, 3.8) is 0 Å². The van der Waals surface area contributed by atoms with Crippen LogP contribution in [0.1, 0.15) is 44.8 Å². The minimum absolute atomic E-state index is 0.259. The standard InChI is InChI=1S/C25H23FN4OS/c26-19-12-10-17(11-13-19)15-27-24(31)25-29-28-23(32-25)16-30-14-4-9-22(30)21-8-3-6-18-5-1-2-7-20(18)21/h1-3,5-8,10-13,22H,4,9,14-16H2,(H,27,31). The maximum Gasteiger partial charge on any atom is 0.282 e. The second-order valence-corrected chi connectivity index (χ2v) is 9.07. The summed E-state index contributed by atoms with van der Waals surface area (Å²) < 4.78 is 13.0. The zero-order chi connectivity index (χ0) is 21.9. The Morgan fingerprint density at radius 1 is 1.06 bits per heavy atom.